The molecule has 1 saturated carbocycles. The average molecular weight is 326 g/mol. The van der Waals surface area contributed by atoms with Gasteiger partial charge in [-0.15, -0.1) is 0 Å². The highest BCUT2D eigenvalue weighted by molar-refractivity contribution is 7.52. The molecule has 22 heavy (non-hydrogen) atoms. The number of esters is 1. The number of methoxy groups -OCH3 is 1. The molecular formula is C15H19FN2O3S. The lowest BCUT2D eigenvalue weighted by Gasteiger charge is -2.43. The van der Waals surface area contributed by atoms with Gasteiger partial charge < -0.3 is 26.8 Å². The van der Waals surface area contributed by atoms with E-state index in [2.05, 4.69) is 10.1 Å². The van der Waals surface area contributed by atoms with E-state index >= 15 is 0 Å². The monoisotopic (exact) mass is 326 g/mol. The van der Waals surface area contributed by atoms with E-state index in [1.54, 1.807) is 21.0 Å². The van der Waals surface area contributed by atoms with E-state index in [4.69, 9.17) is 12.8 Å². The van der Waals surface area contributed by atoms with Crippen LogP contribution in [0.3, 0.4) is 0 Å². The summed E-state index contributed by atoms with van der Waals surface area (Å²) in [5.74, 6) is -1.52. The van der Waals surface area contributed by atoms with Crippen molar-refractivity contribution in [1.29, 1.82) is 0 Å². The second kappa shape index (κ2) is 5.55. The van der Waals surface area contributed by atoms with Gasteiger partial charge >= 0.3 is 5.97 Å². The number of carbonyl (C=O) groups is 2. The van der Waals surface area contributed by atoms with Crippen molar-refractivity contribution in [3.63, 3.8) is 0 Å². The average Bonchev–Trinajstić information content (AvgIpc) is 3.21. The van der Waals surface area contributed by atoms with Crippen LogP contribution in [0.15, 0.2) is 12.1 Å². The predicted octanol–water partition coefficient (Wildman–Crippen LogP) is 1.93. The number of hydrogen-bond acceptors (Lipinski definition) is 4. The number of nitrogens with zero attached hydrogens (tertiary/aromatic N) is 1. The highest BCUT2D eigenvalue weighted by atomic mass is 32.1. The van der Waals surface area contributed by atoms with Gasteiger partial charge in [0.25, 0.3) is 5.91 Å². The molecule has 1 aromatic rings. The van der Waals surface area contributed by atoms with E-state index in [9.17, 15) is 14.0 Å². The molecule has 0 bridgehead atoms. The summed E-state index contributed by atoms with van der Waals surface area (Å²) in [6, 6.07) is 2.32. The molecule has 1 amide bonds. The second-order valence-electron chi connectivity index (χ2n) is 5.97. The van der Waals surface area contributed by atoms with Crippen LogP contribution in [0.2, 0.25) is 0 Å². The summed E-state index contributed by atoms with van der Waals surface area (Å²) < 4.78 is 18.3. The van der Waals surface area contributed by atoms with Crippen molar-refractivity contribution in [2.24, 2.45) is 0 Å². The van der Waals surface area contributed by atoms with Crippen LogP contribution in [0.1, 0.15) is 28.8 Å². The Hall–Kier alpha value is -1.60. The van der Waals surface area contributed by atoms with E-state index in [1.807, 2.05) is 0 Å². The number of likely N-dealkylation sites (N-methyl/N-ethyl adjacent to an activating group) is 1. The molecule has 7 heteroatoms. The topological polar surface area (TPSA) is 55.4 Å². The molecule has 1 aliphatic rings. The normalized spacial score (nSPS) is 16.1. The lowest BCUT2D eigenvalue weighted by Crippen LogP contribution is -2.53. The lowest BCUT2D eigenvalue weighted by atomic mass is 10.1. The number of halogens is 1. The SMILES string of the molecule is COC(=O)c1cc(F)cc(C)c1NC(=O)C1([N+](C)(C)[S-])CC1. The minimum atomic E-state index is -0.699. The fourth-order valence-electron chi connectivity index (χ4n) is 2.54. The number of ether oxygens (including phenoxy) is 1. The number of benzene rings is 1. The number of anilines is 1. The first-order valence-corrected chi connectivity index (χ1v) is 7.24. The van der Waals surface area contributed by atoms with Crippen molar-refractivity contribution in [2.75, 3.05) is 26.5 Å². The lowest BCUT2D eigenvalue weighted by molar-refractivity contribution is -0.780. The van der Waals surface area contributed by atoms with E-state index in [-0.39, 0.29) is 21.0 Å². The van der Waals surface area contributed by atoms with Crippen LogP contribution >= 0.6 is 0 Å². The minimum absolute atomic E-state index is 0.00109. The van der Waals surface area contributed by atoms with Crippen molar-refractivity contribution >= 4 is 30.4 Å². The molecule has 5 nitrogen and oxygen atoms in total. The molecule has 0 atom stereocenters. The summed E-state index contributed by atoms with van der Waals surface area (Å²) in [6.45, 7) is 1.62. The van der Waals surface area contributed by atoms with Crippen LogP contribution in [0, 0.1) is 12.7 Å². The van der Waals surface area contributed by atoms with Gasteiger partial charge in [0.1, 0.15) is 5.82 Å². The maximum atomic E-state index is 13.5. The van der Waals surface area contributed by atoms with Crippen LogP contribution in [0.25, 0.3) is 0 Å². The summed E-state index contributed by atoms with van der Waals surface area (Å²) >= 11 is 5.36. The molecule has 1 aliphatic carbocycles. The molecule has 0 saturated heterocycles. The van der Waals surface area contributed by atoms with Gasteiger partial charge in [-0.25, -0.2) is 9.18 Å². The van der Waals surface area contributed by atoms with E-state index in [0.29, 0.717) is 18.4 Å². The number of rotatable bonds is 4. The third kappa shape index (κ3) is 2.83. The maximum Gasteiger partial charge on any atom is 0.340 e. The Bertz CT molecular complexity index is 636. The molecule has 0 unspecified atom stereocenters. The Morgan fingerprint density at radius 1 is 1.36 bits per heavy atom. The van der Waals surface area contributed by atoms with Crippen molar-refractivity contribution in [2.45, 2.75) is 25.3 Å². The summed E-state index contributed by atoms with van der Waals surface area (Å²) in [4.78, 5) is 24.4. The first-order valence-electron chi connectivity index (χ1n) is 6.87. The zero-order valence-corrected chi connectivity index (χ0v) is 13.8. The summed E-state index contributed by atoms with van der Waals surface area (Å²) in [7, 11) is 4.76. The molecule has 0 heterocycles. The predicted molar refractivity (Wildman–Crippen MR) is 82.5 cm³/mol. The van der Waals surface area contributed by atoms with Gasteiger partial charge in [-0.1, -0.05) is 0 Å². The van der Waals surface area contributed by atoms with Gasteiger partial charge in [-0.3, -0.25) is 4.79 Å². The fourth-order valence-corrected chi connectivity index (χ4v) is 2.80. The molecule has 0 aromatic heterocycles. The minimum Gasteiger partial charge on any atom is -0.494 e. The number of amides is 1. The van der Waals surface area contributed by atoms with Gasteiger partial charge in [0.05, 0.1) is 32.5 Å². The smallest absolute Gasteiger partial charge is 0.340 e. The molecule has 2 rings (SSSR count). The van der Waals surface area contributed by atoms with Gasteiger partial charge in [0, 0.05) is 12.8 Å². The molecule has 0 spiro atoms. The quantitative estimate of drug-likeness (QED) is 0.522. The third-order valence-corrected chi connectivity index (χ3v) is 4.47. The maximum absolute atomic E-state index is 13.5. The zero-order chi connectivity index (χ0) is 16.7. The van der Waals surface area contributed by atoms with Gasteiger partial charge in [-0.2, -0.15) is 0 Å². The van der Waals surface area contributed by atoms with Gasteiger partial charge in [-0.05, 0) is 24.6 Å². The summed E-state index contributed by atoms with van der Waals surface area (Å²) in [6.07, 6.45) is 1.37. The molecule has 1 aromatic carbocycles. The van der Waals surface area contributed by atoms with Crippen molar-refractivity contribution < 1.29 is 22.6 Å². The largest absolute Gasteiger partial charge is 0.494 e. The first kappa shape index (κ1) is 16.8. The molecule has 0 aliphatic heterocycles. The Labute approximate surface area is 134 Å². The Kier molecular flexibility index (Phi) is 4.23. The number of carbonyl (C=O) groups excluding carboxylic acids is 2. The van der Waals surface area contributed by atoms with E-state index in [1.165, 1.54) is 13.2 Å². The number of nitrogens with one attached hydrogen (secondary N) is 1. The van der Waals surface area contributed by atoms with Crippen molar-refractivity contribution in [3.8, 4) is 0 Å². The summed E-state index contributed by atoms with van der Waals surface area (Å²) in [5.41, 5.74) is 0.0508. The second-order valence-corrected chi connectivity index (χ2v) is 6.89. The highest BCUT2D eigenvalue weighted by Crippen LogP contribution is 2.45. The number of aryl methyl sites for hydroxylation is 1. The number of hydrogen-bond donors (Lipinski definition) is 1. The standard InChI is InChI=1S/C15H19FN2O3S/c1-9-7-10(16)8-11(13(19)21-4)12(9)17-14(20)15(5-6-15)18(2,3)22/h7-8H,5-6H2,1-4H3,(H,17,20). The van der Waals surface area contributed by atoms with Crippen LogP contribution in [-0.2, 0) is 22.3 Å². The van der Waals surface area contributed by atoms with E-state index < -0.39 is 17.3 Å². The molecule has 0 radical (unpaired) electrons. The fraction of sp³-hybridized carbons (Fsp3) is 0.467. The summed E-state index contributed by atoms with van der Waals surface area (Å²) in [5, 5.41) is 2.74. The third-order valence-electron chi connectivity index (χ3n) is 4.12. The van der Waals surface area contributed by atoms with E-state index in [0.717, 1.165) is 6.07 Å². The molecule has 1 fully saturated rings. The van der Waals surface area contributed by atoms with Crippen LogP contribution < -0.4 is 5.32 Å². The van der Waals surface area contributed by atoms with Crippen molar-refractivity contribution in [1.82, 2.24) is 0 Å². The molecule has 120 valence electrons. The Morgan fingerprint density at radius 2 is 1.95 bits per heavy atom. The van der Waals surface area contributed by atoms with Crippen LogP contribution in [-0.4, -0.2) is 42.5 Å². The van der Waals surface area contributed by atoms with Crippen LogP contribution in [0.5, 0.6) is 0 Å². The zero-order valence-electron chi connectivity index (χ0n) is 13.0. The number of quaternary nitrogens is 1. The Morgan fingerprint density at radius 3 is 2.41 bits per heavy atom. The molecular weight excluding hydrogens is 307 g/mol. The van der Waals surface area contributed by atoms with Gasteiger partial charge in [0.2, 0.25) is 0 Å². The van der Waals surface area contributed by atoms with Crippen LogP contribution in [0.4, 0.5) is 10.1 Å². The Balaban J connectivity index is 2.38. The first-order chi connectivity index (χ1) is 10.1. The highest BCUT2D eigenvalue weighted by Gasteiger charge is 2.58. The van der Waals surface area contributed by atoms with Gasteiger partial charge in [0.15, 0.2) is 5.54 Å². The van der Waals surface area contributed by atoms with Crippen molar-refractivity contribution in [3.05, 3.63) is 29.1 Å². The molecule has 1 N–H and O–H groups in total.